The maximum absolute atomic E-state index is 12.3. The van der Waals surface area contributed by atoms with Gasteiger partial charge in [-0.05, 0) is 31.4 Å². The molecule has 0 spiro atoms. The Kier molecular flexibility index (Phi) is 8.76. The molecule has 1 aromatic heterocycles. The molecular weight excluding hydrogens is 351 g/mol. The SMILES string of the molecule is Cl.Cl.NC1CCCC(C(=O)Nc2ccc(N3CCOCC3)nc2)C1. The zero-order chi connectivity index (χ0) is 15.4. The van der Waals surface area contributed by atoms with Crippen molar-refractivity contribution in [3.8, 4) is 0 Å². The first-order valence-corrected chi connectivity index (χ1v) is 8.07. The number of ether oxygens (including phenoxy) is 1. The smallest absolute Gasteiger partial charge is 0.227 e. The van der Waals surface area contributed by atoms with Crippen LogP contribution in [0.5, 0.6) is 0 Å². The van der Waals surface area contributed by atoms with Crippen LogP contribution in [0.2, 0.25) is 0 Å². The zero-order valence-electron chi connectivity index (χ0n) is 13.6. The van der Waals surface area contributed by atoms with Crippen LogP contribution >= 0.6 is 24.8 Å². The Balaban J connectivity index is 0.00000144. The number of rotatable bonds is 3. The van der Waals surface area contributed by atoms with Crippen LogP contribution < -0.4 is 16.0 Å². The van der Waals surface area contributed by atoms with Gasteiger partial charge in [-0.3, -0.25) is 4.79 Å². The molecule has 0 aromatic carbocycles. The Labute approximate surface area is 155 Å². The zero-order valence-corrected chi connectivity index (χ0v) is 15.3. The normalized spacial score (nSPS) is 23.6. The second-order valence-electron chi connectivity index (χ2n) is 6.12. The summed E-state index contributed by atoms with van der Waals surface area (Å²) in [6, 6.07) is 4.03. The van der Waals surface area contributed by atoms with Crippen molar-refractivity contribution in [2.75, 3.05) is 36.5 Å². The molecule has 2 unspecified atom stereocenters. The molecule has 1 aromatic rings. The van der Waals surface area contributed by atoms with Crippen molar-refractivity contribution >= 4 is 42.2 Å². The van der Waals surface area contributed by atoms with Crippen LogP contribution in [0.1, 0.15) is 25.7 Å². The monoisotopic (exact) mass is 376 g/mol. The minimum Gasteiger partial charge on any atom is -0.378 e. The number of nitrogens with one attached hydrogen (secondary N) is 1. The van der Waals surface area contributed by atoms with Gasteiger partial charge in [0.15, 0.2) is 0 Å². The molecule has 1 amide bonds. The fourth-order valence-corrected chi connectivity index (χ4v) is 3.15. The van der Waals surface area contributed by atoms with Crippen molar-refractivity contribution in [2.24, 2.45) is 11.7 Å². The molecule has 3 N–H and O–H groups in total. The summed E-state index contributed by atoms with van der Waals surface area (Å²) in [5, 5.41) is 2.96. The standard InChI is InChI=1S/C16H24N4O2.2ClH/c17-13-3-1-2-12(10-13)16(21)19-14-4-5-15(18-11-14)20-6-8-22-9-7-20;;/h4-5,11-13H,1-3,6-10,17H2,(H,19,21);2*1H. The van der Waals surface area contributed by atoms with E-state index in [9.17, 15) is 4.79 Å². The number of morpholine rings is 1. The number of hydrogen-bond acceptors (Lipinski definition) is 5. The first-order chi connectivity index (χ1) is 10.7. The molecule has 1 aliphatic heterocycles. The van der Waals surface area contributed by atoms with Gasteiger partial charge in [-0.25, -0.2) is 4.98 Å². The van der Waals surface area contributed by atoms with Gasteiger partial charge in [-0.2, -0.15) is 0 Å². The lowest BCUT2D eigenvalue weighted by atomic mass is 9.85. The topological polar surface area (TPSA) is 80.5 Å². The lowest BCUT2D eigenvalue weighted by Crippen LogP contribution is -2.36. The third kappa shape index (κ3) is 5.48. The Morgan fingerprint density at radius 2 is 2.00 bits per heavy atom. The number of hydrogen-bond donors (Lipinski definition) is 2. The van der Waals surface area contributed by atoms with Crippen LogP contribution in [0.4, 0.5) is 11.5 Å². The van der Waals surface area contributed by atoms with E-state index in [1.54, 1.807) is 6.20 Å². The molecule has 136 valence electrons. The molecule has 1 saturated carbocycles. The van der Waals surface area contributed by atoms with Crippen LogP contribution in [-0.4, -0.2) is 43.2 Å². The maximum atomic E-state index is 12.3. The van der Waals surface area contributed by atoms with Crippen LogP contribution in [0.25, 0.3) is 0 Å². The van der Waals surface area contributed by atoms with E-state index < -0.39 is 0 Å². The number of nitrogens with two attached hydrogens (primary N) is 1. The molecule has 2 heterocycles. The number of nitrogens with zero attached hydrogens (tertiary/aromatic N) is 2. The van der Waals surface area contributed by atoms with Gasteiger partial charge in [0.1, 0.15) is 5.82 Å². The Morgan fingerprint density at radius 1 is 1.25 bits per heavy atom. The van der Waals surface area contributed by atoms with Gasteiger partial charge in [0, 0.05) is 25.0 Å². The molecule has 3 rings (SSSR count). The lowest BCUT2D eigenvalue weighted by molar-refractivity contribution is -0.120. The summed E-state index contributed by atoms with van der Waals surface area (Å²) in [4.78, 5) is 18.9. The predicted octanol–water partition coefficient (Wildman–Crippen LogP) is 2.22. The van der Waals surface area contributed by atoms with E-state index in [1.807, 2.05) is 12.1 Å². The number of carbonyl (C=O) groups excluding carboxylic acids is 1. The van der Waals surface area contributed by atoms with Gasteiger partial charge < -0.3 is 20.7 Å². The summed E-state index contributed by atoms with van der Waals surface area (Å²) in [6.07, 6.45) is 5.50. The van der Waals surface area contributed by atoms with E-state index in [4.69, 9.17) is 10.5 Å². The Bertz CT molecular complexity index is 509. The van der Waals surface area contributed by atoms with E-state index >= 15 is 0 Å². The van der Waals surface area contributed by atoms with Gasteiger partial charge >= 0.3 is 0 Å². The van der Waals surface area contributed by atoms with Gasteiger partial charge in [0.25, 0.3) is 0 Å². The van der Waals surface area contributed by atoms with Crippen molar-refractivity contribution in [2.45, 2.75) is 31.7 Å². The highest BCUT2D eigenvalue weighted by molar-refractivity contribution is 5.92. The second kappa shape index (κ2) is 10.0. The van der Waals surface area contributed by atoms with Gasteiger partial charge in [-0.1, -0.05) is 6.42 Å². The molecule has 2 fully saturated rings. The quantitative estimate of drug-likeness (QED) is 0.844. The number of anilines is 2. The van der Waals surface area contributed by atoms with E-state index in [2.05, 4.69) is 15.2 Å². The van der Waals surface area contributed by atoms with Crippen molar-refractivity contribution in [1.82, 2.24) is 4.98 Å². The van der Waals surface area contributed by atoms with Crippen molar-refractivity contribution < 1.29 is 9.53 Å². The highest BCUT2D eigenvalue weighted by Crippen LogP contribution is 2.24. The van der Waals surface area contributed by atoms with Crippen LogP contribution in [0.15, 0.2) is 18.3 Å². The van der Waals surface area contributed by atoms with Crippen molar-refractivity contribution in [3.05, 3.63) is 18.3 Å². The maximum Gasteiger partial charge on any atom is 0.227 e. The first kappa shape index (κ1) is 21.0. The molecule has 8 heteroatoms. The summed E-state index contributed by atoms with van der Waals surface area (Å²) in [5.74, 6) is 1.03. The molecular formula is C16H26Cl2N4O2. The van der Waals surface area contributed by atoms with E-state index in [1.165, 1.54) is 0 Å². The highest BCUT2D eigenvalue weighted by Gasteiger charge is 2.25. The fourth-order valence-electron chi connectivity index (χ4n) is 3.15. The van der Waals surface area contributed by atoms with E-state index in [0.717, 1.165) is 63.5 Å². The number of aromatic nitrogens is 1. The molecule has 0 bridgehead atoms. The fraction of sp³-hybridized carbons (Fsp3) is 0.625. The molecule has 1 aliphatic carbocycles. The van der Waals surface area contributed by atoms with Crippen LogP contribution in [0.3, 0.4) is 0 Å². The third-order valence-electron chi connectivity index (χ3n) is 4.44. The third-order valence-corrected chi connectivity index (χ3v) is 4.44. The average Bonchev–Trinajstić information content (AvgIpc) is 2.56. The summed E-state index contributed by atoms with van der Waals surface area (Å²) in [6.45, 7) is 3.20. The first-order valence-electron chi connectivity index (χ1n) is 8.07. The number of pyridine rings is 1. The Hall–Kier alpha value is -1.08. The Morgan fingerprint density at radius 3 is 2.62 bits per heavy atom. The second-order valence-corrected chi connectivity index (χ2v) is 6.12. The van der Waals surface area contributed by atoms with Crippen LogP contribution in [0, 0.1) is 5.92 Å². The van der Waals surface area contributed by atoms with Crippen LogP contribution in [-0.2, 0) is 9.53 Å². The molecule has 1 saturated heterocycles. The number of halogens is 2. The predicted molar refractivity (Wildman–Crippen MR) is 100 cm³/mol. The average molecular weight is 377 g/mol. The largest absolute Gasteiger partial charge is 0.378 e. The summed E-state index contributed by atoms with van der Waals surface area (Å²) >= 11 is 0. The minimum atomic E-state index is 0. The highest BCUT2D eigenvalue weighted by atomic mass is 35.5. The molecule has 2 aliphatic rings. The van der Waals surface area contributed by atoms with Crippen molar-refractivity contribution in [3.63, 3.8) is 0 Å². The summed E-state index contributed by atoms with van der Waals surface area (Å²) < 4.78 is 5.34. The van der Waals surface area contributed by atoms with Crippen molar-refractivity contribution in [1.29, 1.82) is 0 Å². The molecule has 6 nitrogen and oxygen atoms in total. The van der Waals surface area contributed by atoms with Gasteiger partial charge in [0.2, 0.25) is 5.91 Å². The number of amides is 1. The summed E-state index contributed by atoms with van der Waals surface area (Å²) in [5.41, 5.74) is 6.70. The van der Waals surface area contributed by atoms with Gasteiger partial charge in [0.05, 0.1) is 25.1 Å². The van der Waals surface area contributed by atoms with E-state index in [0.29, 0.717) is 0 Å². The van der Waals surface area contributed by atoms with E-state index in [-0.39, 0.29) is 42.7 Å². The summed E-state index contributed by atoms with van der Waals surface area (Å²) in [7, 11) is 0. The number of carbonyl (C=O) groups is 1. The molecule has 0 radical (unpaired) electrons. The molecule has 24 heavy (non-hydrogen) atoms. The van der Waals surface area contributed by atoms with Gasteiger partial charge in [-0.15, -0.1) is 24.8 Å². The molecule has 2 atom stereocenters. The minimum absolute atomic E-state index is 0. The lowest BCUT2D eigenvalue weighted by Gasteiger charge is -2.28.